The smallest absolute Gasteiger partial charge is 0.197 e. The van der Waals surface area contributed by atoms with Gasteiger partial charge in [0, 0.05) is 55.8 Å². The van der Waals surface area contributed by atoms with Gasteiger partial charge in [-0.25, -0.2) is 22.9 Å². The molecule has 1 N–H and O–H groups in total. The molecule has 1 unspecified atom stereocenters. The van der Waals surface area contributed by atoms with Crippen LogP contribution in [-0.4, -0.2) is 94.4 Å². The summed E-state index contributed by atoms with van der Waals surface area (Å²) >= 11 is 1.66. The highest BCUT2D eigenvalue weighted by atomic mass is 32.2. The molecule has 11 nitrogen and oxygen atoms in total. The molecule has 4 aromatic rings. The van der Waals surface area contributed by atoms with Crippen molar-refractivity contribution >= 4 is 31.8 Å². The van der Waals surface area contributed by atoms with Crippen LogP contribution in [-0.2, 0) is 9.84 Å². The third-order valence-corrected chi connectivity index (χ3v) is 9.08. The largest absolute Gasteiger partial charge is 0.493 e. The number of nitrogens with zero attached hydrogens (tertiary/aromatic N) is 7. The van der Waals surface area contributed by atoms with E-state index in [2.05, 4.69) is 45.8 Å². The van der Waals surface area contributed by atoms with Crippen molar-refractivity contribution in [3.63, 3.8) is 0 Å². The van der Waals surface area contributed by atoms with Crippen molar-refractivity contribution in [1.29, 1.82) is 0 Å². The number of methoxy groups -OCH3 is 1. The first kappa shape index (κ1) is 26.6. The Morgan fingerprint density at radius 1 is 1.29 bits per heavy atom. The highest BCUT2D eigenvalue weighted by molar-refractivity contribution is 7.90. The molecule has 0 saturated carbocycles. The Balaban J connectivity index is 1.44. The van der Waals surface area contributed by atoms with Gasteiger partial charge in [-0.05, 0) is 25.8 Å². The van der Waals surface area contributed by atoms with Gasteiger partial charge in [-0.1, -0.05) is 25.2 Å². The Bertz CT molecular complexity index is 1560. The normalized spacial score (nSPS) is 17.1. The number of H-pyrrole nitrogens is 1. The first-order chi connectivity index (χ1) is 18.1. The van der Waals surface area contributed by atoms with Crippen LogP contribution >= 0.6 is 11.3 Å². The average molecular weight is 559 g/mol. The molecule has 38 heavy (non-hydrogen) atoms. The van der Waals surface area contributed by atoms with Gasteiger partial charge >= 0.3 is 0 Å². The lowest BCUT2D eigenvalue weighted by atomic mass is 9.97. The molecule has 0 amide bonds. The summed E-state index contributed by atoms with van der Waals surface area (Å²) in [6, 6.07) is 2.20. The topological polar surface area (TPSA) is 122 Å². The molecule has 1 fully saturated rings. The molecule has 0 spiro atoms. The van der Waals surface area contributed by atoms with Crippen molar-refractivity contribution in [2.75, 3.05) is 50.2 Å². The lowest BCUT2D eigenvalue weighted by Gasteiger charge is -2.40. The standard InChI is InChI=1S/C25H34N8O3S2/c1-15(2)20-21(18-11-19(36-5)23-26-14-27-33(23)13-18)29-30-22(20)24-28-17(4)25(37-24)32-8-7-31(12-16(32)3)9-10-38(6,34)35/h11,13-16H,7-10,12H2,1-6H3,(H,29,30). The van der Waals surface area contributed by atoms with E-state index in [-0.39, 0.29) is 17.7 Å². The second-order valence-electron chi connectivity index (χ2n) is 10.2. The number of hydrogen-bond acceptors (Lipinski definition) is 10. The Kier molecular flexibility index (Phi) is 7.18. The number of aromatic nitrogens is 6. The number of nitrogens with one attached hydrogen (secondary N) is 1. The fourth-order valence-corrected chi connectivity index (χ4v) is 6.86. The van der Waals surface area contributed by atoms with E-state index in [1.165, 1.54) is 12.6 Å². The third-order valence-electron chi connectivity index (χ3n) is 6.96. The fraction of sp³-hybridized carbons (Fsp3) is 0.520. The predicted octanol–water partition coefficient (Wildman–Crippen LogP) is 3.24. The van der Waals surface area contributed by atoms with Crippen LogP contribution in [0.3, 0.4) is 0 Å². The van der Waals surface area contributed by atoms with Crippen molar-refractivity contribution in [2.45, 2.75) is 39.7 Å². The van der Waals surface area contributed by atoms with Gasteiger partial charge in [-0.3, -0.25) is 10.00 Å². The second-order valence-corrected chi connectivity index (χ2v) is 13.5. The SMILES string of the molecule is COc1cc(-c2[nH]nc(-c3nc(C)c(N4CCN(CCS(C)(=O)=O)CC4C)s3)c2C(C)C)cn2ncnc12. The molecule has 0 aliphatic carbocycles. The molecule has 0 bridgehead atoms. The van der Waals surface area contributed by atoms with Crippen LogP contribution in [0.2, 0.25) is 0 Å². The molecule has 204 valence electrons. The first-order valence-electron chi connectivity index (χ1n) is 12.7. The Hall–Kier alpha value is -3.03. The van der Waals surface area contributed by atoms with E-state index < -0.39 is 9.84 Å². The van der Waals surface area contributed by atoms with E-state index >= 15 is 0 Å². The van der Waals surface area contributed by atoms with Crippen LogP contribution in [0.4, 0.5) is 5.00 Å². The molecule has 1 aliphatic rings. The van der Waals surface area contributed by atoms with E-state index in [9.17, 15) is 8.42 Å². The molecule has 4 aromatic heterocycles. The molecule has 1 saturated heterocycles. The van der Waals surface area contributed by atoms with Crippen LogP contribution in [0.15, 0.2) is 18.6 Å². The van der Waals surface area contributed by atoms with Crippen molar-refractivity contribution in [3.8, 4) is 27.7 Å². The van der Waals surface area contributed by atoms with Gasteiger partial charge in [0.15, 0.2) is 11.4 Å². The number of fused-ring (bicyclic) bond motifs is 1. The zero-order valence-electron chi connectivity index (χ0n) is 22.6. The molecule has 13 heteroatoms. The zero-order valence-corrected chi connectivity index (χ0v) is 24.2. The highest BCUT2D eigenvalue weighted by Crippen LogP contribution is 2.41. The third kappa shape index (κ3) is 5.14. The molecule has 1 atom stereocenters. The van der Waals surface area contributed by atoms with Crippen molar-refractivity contribution in [1.82, 2.24) is 34.7 Å². The molecular formula is C25H34N8O3S2. The average Bonchev–Trinajstić information content (AvgIpc) is 3.59. The number of aromatic amines is 1. The number of aryl methyl sites for hydroxylation is 1. The summed E-state index contributed by atoms with van der Waals surface area (Å²) in [5.74, 6) is 1.03. The Morgan fingerprint density at radius 2 is 2.08 bits per heavy atom. The summed E-state index contributed by atoms with van der Waals surface area (Å²) in [4.78, 5) is 13.9. The maximum Gasteiger partial charge on any atom is 0.197 e. The number of rotatable bonds is 8. The molecule has 0 aromatic carbocycles. The Labute approximate surface area is 226 Å². The van der Waals surface area contributed by atoms with Gasteiger partial charge in [0.05, 0.1) is 24.3 Å². The molecule has 5 heterocycles. The number of sulfone groups is 1. The molecular weight excluding hydrogens is 524 g/mol. The van der Waals surface area contributed by atoms with Crippen LogP contribution in [0.5, 0.6) is 5.75 Å². The van der Waals surface area contributed by atoms with Crippen LogP contribution in [0.1, 0.15) is 37.9 Å². The summed E-state index contributed by atoms with van der Waals surface area (Å²) in [5.41, 5.74) is 5.40. The summed E-state index contributed by atoms with van der Waals surface area (Å²) in [7, 11) is -1.34. The van der Waals surface area contributed by atoms with Gasteiger partial charge in [0.2, 0.25) is 0 Å². The molecule has 1 aliphatic heterocycles. The lowest BCUT2D eigenvalue weighted by molar-refractivity contribution is 0.241. The van der Waals surface area contributed by atoms with E-state index in [4.69, 9.17) is 14.8 Å². The number of pyridine rings is 1. The van der Waals surface area contributed by atoms with E-state index in [0.29, 0.717) is 17.9 Å². The fourth-order valence-electron chi connectivity index (χ4n) is 5.07. The van der Waals surface area contributed by atoms with Gasteiger partial charge in [-0.2, -0.15) is 10.2 Å². The monoisotopic (exact) mass is 558 g/mol. The second kappa shape index (κ2) is 10.3. The predicted molar refractivity (Wildman–Crippen MR) is 150 cm³/mol. The van der Waals surface area contributed by atoms with Gasteiger partial charge in [0.25, 0.3) is 0 Å². The number of thiazole rings is 1. The van der Waals surface area contributed by atoms with E-state index in [0.717, 1.165) is 57.9 Å². The van der Waals surface area contributed by atoms with E-state index in [1.807, 2.05) is 19.2 Å². The van der Waals surface area contributed by atoms with Gasteiger partial charge in [-0.15, -0.1) is 0 Å². The highest BCUT2D eigenvalue weighted by Gasteiger charge is 2.29. The number of hydrogen-bond donors (Lipinski definition) is 1. The number of anilines is 1. The minimum Gasteiger partial charge on any atom is -0.493 e. The number of ether oxygens (including phenoxy) is 1. The van der Waals surface area contributed by atoms with Gasteiger partial charge in [0.1, 0.15) is 31.9 Å². The quantitative estimate of drug-likeness (QED) is 0.347. The van der Waals surface area contributed by atoms with Crippen LogP contribution in [0.25, 0.3) is 27.6 Å². The summed E-state index contributed by atoms with van der Waals surface area (Å²) in [5, 5.41) is 14.3. The van der Waals surface area contributed by atoms with Crippen LogP contribution in [0, 0.1) is 6.92 Å². The summed E-state index contributed by atoms with van der Waals surface area (Å²) < 4.78 is 30.5. The summed E-state index contributed by atoms with van der Waals surface area (Å²) in [6.07, 6.45) is 4.73. The molecule has 5 rings (SSSR count). The van der Waals surface area contributed by atoms with Crippen molar-refractivity contribution in [2.24, 2.45) is 0 Å². The van der Waals surface area contributed by atoms with Crippen molar-refractivity contribution in [3.05, 3.63) is 29.8 Å². The van der Waals surface area contributed by atoms with Crippen LogP contribution < -0.4 is 9.64 Å². The number of piperazine rings is 1. The summed E-state index contributed by atoms with van der Waals surface area (Å²) in [6.45, 7) is 11.6. The zero-order chi connectivity index (χ0) is 27.2. The van der Waals surface area contributed by atoms with E-state index in [1.54, 1.807) is 23.0 Å². The minimum atomic E-state index is -2.97. The Morgan fingerprint density at radius 3 is 2.76 bits per heavy atom. The first-order valence-corrected chi connectivity index (χ1v) is 15.5. The lowest BCUT2D eigenvalue weighted by Crippen LogP contribution is -2.52. The minimum absolute atomic E-state index is 0.193. The van der Waals surface area contributed by atoms with Crippen molar-refractivity contribution < 1.29 is 13.2 Å². The maximum absolute atomic E-state index is 11.6. The molecule has 0 radical (unpaired) electrons. The van der Waals surface area contributed by atoms with Gasteiger partial charge < -0.3 is 9.64 Å². The maximum atomic E-state index is 11.6.